The Labute approximate surface area is 93.8 Å². The minimum absolute atomic E-state index is 0.450. The Morgan fingerprint density at radius 3 is 3.25 bits per heavy atom. The monoisotopic (exact) mass is 218 g/mol. The third kappa shape index (κ3) is 1.55. The lowest BCUT2D eigenvalue weighted by atomic mass is 10.1. The standard InChI is InChI=1S/C12H14N2O2/c1-15-10-2-4-14-7-11(13-12(14)6-10)9-3-5-16-8-9/h2,4,6-7,9H,3,5,8H2,1H3. The second kappa shape index (κ2) is 3.79. The molecule has 2 aromatic heterocycles. The predicted molar refractivity (Wildman–Crippen MR) is 59.9 cm³/mol. The van der Waals surface area contributed by atoms with Gasteiger partial charge in [-0.3, -0.25) is 0 Å². The molecule has 0 bridgehead atoms. The van der Waals surface area contributed by atoms with Crippen molar-refractivity contribution in [2.24, 2.45) is 0 Å². The first-order valence-electron chi connectivity index (χ1n) is 5.47. The molecule has 0 aromatic carbocycles. The van der Waals surface area contributed by atoms with E-state index in [9.17, 15) is 0 Å². The third-order valence-electron chi connectivity index (χ3n) is 3.03. The van der Waals surface area contributed by atoms with Crippen LogP contribution in [-0.4, -0.2) is 29.7 Å². The average Bonchev–Trinajstić information content (AvgIpc) is 2.96. The number of hydrogen-bond acceptors (Lipinski definition) is 3. The Kier molecular flexibility index (Phi) is 2.29. The molecular formula is C12H14N2O2. The van der Waals surface area contributed by atoms with E-state index in [1.54, 1.807) is 7.11 Å². The van der Waals surface area contributed by atoms with Crippen molar-refractivity contribution in [3.63, 3.8) is 0 Å². The van der Waals surface area contributed by atoms with Crippen molar-refractivity contribution in [1.29, 1.82) is 0 Å². The van der Waals surface area contributed by atoms with Crippen molar-refractivity contribution in [3.05, 3.63) is 30.2 Å². The largest absolute Gasteiger partial charge is 0.497 e. The van der Waals surface area contributed by atoms with Crippen molar-refractivity contribution in [2.75, 3.05) is 20.3 Å². The molecule has 1 atom stereocenters. The summed E-state index contributed by atoms with van der Waals surface area (Å²) in [4.78, 5) is 4.61. The first-order chi connectivity index (χ1) is 7.86. The number of nitrogens with zero attached hydrogens (tertiary/aromatic N) is 2. The van der Waals surface area contributed by atoms with Crippen molar-refractivity contribution in [3.8, 4) is 5.75 Å². The van der Waals surface area contributed by atoms with Gasteiger partial charge in [-0.25, -0.2) is 4.98 Å². The van der Waals surface area contributed by atoms with Gasteiger partial charge in [0.25, 0.3) is 0 Å². The van der Waals surface area contributed by atoms with E-state index in [0.717, 1.165) is 36.7 Å². The molecule has 0 aliphatic carbocycles. The fourth-order valence-electron chi connectivity index (χ4n) is 2.07. The Hall–Kier alpha value is -1.55. The highest BCUT2D eigenvalue weighted by Crippen LogP contribution is 2.25. The molecule has 4 heteroatoms. The second-order valence-corrected chi connectivity index (χ2v) is 4.06. The van der Waals surface area contributed by atoms with Crippen LogP contribution in [0.4, 0.5) is 0 Å². The van der Waals surface area contributed by atoms with Crippen molar-refractivity contribution in [1.82, 2.24) is 9.38 Å². The van der Waals surface area contributed by atoms with Gasteiger partial charge in [0.1, 0.15) is 11.4 Å². The van der Waals surface area contributed by atoms with E-state index in [1.165, 1.54) is 0 Å². The second-order valence-electron chi connectivity index (χ2n) is 4.06. The van der Waals surface area contributed by atoms with Gasteiger partial charge in [0.05, 0.1) is 19.4 Å². The van der Waals surface area contributed by atoms with Crippen LogP contribution in [0.3, 0.4) is 0 Å². The van der Waals surface area contributed by atoms with Crippen LogP contribution in [-0.2, 0) is 4.74 Å². The summed E-state index contributed by atoms with van der Waals surface area (Å²) >= 11 is 0. The maximum atomic E-state index is 5.38. The number of aromatic nitrogens is 2. The van der Waals surface area contributed by atoms with Crippen LogP contribution < -0.4 is 4.74 Å². The smallest absolute Gasteiger partial charge is 0.140 e. The van der Waals surface area contributed by atoms with Crippen LogP contribution in [0.5, 0.6) is 5.75 Å². The fourth-order valence-corrected chi connectivity index (χ4v) is 2.07. The number of pyridine rings is 1. The van der Waals surface area contributed by atoms with E-state index in [0.29, 0.717) is 5.92 Å². The van der Waals surface area contributed by atoms with Gasteiger partial charge in [-0.15, -0.1) is 0 Å². The lowest BCUT2D eigenvalue weighted by Crippen LogP contribution is -1.96. The number of ether oxygens (including phenoxy) is 2. The Morgan fingerprint density at radius 1 is 1.56 bits per heavy atom. The van der Waals surface area contributed by atoms with Crippen LogP contribution in [0.1, 0.15) is 18.0 Å². The predicted octanol–water partition coefficient (Wildman–Crippen LogP) is 1.85. The van der Waals surface area contributed by atoms with Gasteiger partial charge < -0.3 is 13.9 Å². The number of hydrogen-bond donors (Lipinski definition) is 0. The number of imidazole rings is 1. The van der Waals surface area contributed by atoms with Crippen LogP contribution in [0.2, 0.25) is 0 Å². The Balaban J connectivity index is 2.01. The summed E-state index contributed by atoms with van der Waals surface area (Å²) in [5, 5.41) is 0. The van der Waals surface area contributed by atoms with Crippen LogP contribution in [0.15, 0.2) is 24.5 Å². The summed E-state index contributed by atoms with van der Waals surface area (Å²) in [6.45, 7) is 1.64. The number of methoxy groups -OCH3 is 1. The van der Waals surface area contributed by atoms with Gasteiger partial charge in [0.2, 0.25) is 0 Å². The molecule has 1 unspecified atom stereocenters. The van der Waals surface area contributed by atoms with E-state index >= 15 is 0 Å². The van der Waals surface area contributed by atoms with Gasteiger partial charge in [-0.2, -0.15) is 0 Å². The molecule has 1 saturated heterocycles. The lowest BCUT2D eigenvalue weighted by molar-refractivity contribution is 0.193. The zero-order valence-electron chi connectivity index (χ0n) is 9.22. The molecule has 3 heterocycles. The third-order valence-corrected chi connectivity index (χ3v) is 3.03. The summed E-state index contributed by atoms with van der Waals surface area (Å²) in [5.74, 6) is 1.29. The molecule has 0 saturated carbocycles. The Morgan fingerprint density at radius 2 is 2.50 bits per heavy atom. The average molecular weight is 218 g/mol. The van der Waals surface area contributed by atoms with Crippen LogP contribution in [0.25, 0.3) is 5.65 Å². The highest BCUT2D eigenvalue weighted by Gasteiger charge is 2.20. The Bertz CT molecular complexity index is 501. The normalized spacial score (nSPS) is 20.4. The molecule has 3 rings (SSSR count). The van der Waals surface area contributed by atoms with Gasteiger partial charge in [-0.05, 0) is 12.5 Å². The number of rotatable bonds is 2. The lowest BCUT2D eigenvalue weighted by Gasteiger charge is -2.00. The van der Waals surface area contributed by atoms with E-state index in [4.69, 9.17) is 9.47 Å². The van der Waals surface area contributed by atoms with Gasteiger partial charge in [-0.1, -0.05) is 0 Å². The van der Waals surface area contributed by atoms with E-state index < -0.39 is 0 Å². The topological polar surface area (TPSA) is 35.8 Å². The molecule has 2 aromatic rings. The molecule has 0 amide bonds. The summed E-state index contributed by atoms with van der Waals surface area (Å²) in [5.41, 5.74) is 2.05. The molecule has 84 valence electrons. The van der Waals surface area contributed by atoms with E-state index in [-0.39, 0.29) is 0 Å². The molecule has 1 aliphatic heterocycles. The first kappa shape index (κ1) is 9.66. The minimum atomic E-state index is 0.450. The summed E-state index contributed by atoms with van der Waals surface area (Å²) in [6.07, 6.45) is 5.12. The van der Waals surface area contributed by atoms with Gasteiger partial charge in [0, 0.05) is 31.0 Å². The van der Waals surface area contributed by atoms with Crippen LogP contribution in [0, 0.1) is 0 Å². The van der Waals surface area contributed by atoms with E-state index in [1.807, 2.05) is 22.7 Å². The van der Waals surface area contributed by atoms with Crippen molar-refractivity contribution < 1.29 is 9.47 Å². The summed E-state index contributed by atoms with van der Waals surface area (Å²) < 4.78 is 12.6. The maximum Gasteiger partial charge on any atom is 0.140 e. The van der Waals surface area contributed by atoms with Gasteiger partial charge >= 0.3 is 0 Å². The quantitative estimate of drug-likeness (QED) is 0.771. The van der Waals surface area contributed by atoms with Gasteiger partial charge in [0.15, 0.2) is 0 Å². The van der Waals surface area contributed by atoms with Crippen LogP contribution >= 0.6 is 0 Å². The maximum absolute atomic E-state index is 5.38. The van der Waals surface area contributed by atoms with Crippen molar-refractivity contribution >= 4 is 5.65 Å². The van der Waals surface area contributed by atoms with Crippen molar-refractivity contribution in [2.45, 2.75) is 12.3 Å². The molecule has 0 N–H and O–H groups in total. The molecule has 0 radical (unpaired) electrons. The van der Waals surface area contributed by atoms with E-state index in [2.05, 4.69) is 11.2 Å². The summed E-state index contributed by atoms with van der Waals surface area (Å²) in [7, 11) is 1.67. The zero-order valence-corrected chi connectivity index (χ0v) is 9.22. The molecule has 1 aliphatic rings. The SMILES string of the molecule is COc1ccn2cc(C3CCOC3)nc2c1. The highest BCUT2D eigenvalue weighted by molar-refractivity contribution is 5.46. The molecule has 16 heavy (non-hydrogen) atoms. The molecule has 1 fully saturated rings. The number of fused-ring (bicyclic) bond motifs is 1. The summed E-state index contributed by atoms with van der Waals surface area (Å²) in [6, 6.07) is 3.88. The zero-order chi connectivity index (χ0) is 11.0. The molecule has 4 nitrogen and oxygen atoms in total. The molecule has 0 spiro atoms. The minimum Gasteiger partial charge on any atom is -0.497 e. The highest BCUT2D eigenvalue weighted by atomic mass is 16.5. The first-order valence-corrected chi connectivity index (χ1v) is 5.47. The fraction of sp³-hybridized carbons (Fsp3) is 0.417. The molecular weight excluding hydrogens is 204 g/mol.